The highest BCUT2D eigenvalue weighted by atomic mass is 16.2. The van der Waals surface area contributed by atoms with Gasteiger partial charge >= 0.3 is 0 Å². The molecule has 26 heavy (non-hydrogen) atoms. The highest BCUT2D eigenvalue weighted by Crippen LogP contribution is 2.31. The van der Waals surface area contributed by atoms with Crippen molar-refractivity contribution in [1.29, 1.82) is 5.26 Å². The van der Waals surface area contributed by atoms with E-state index in [1.807, 2.05) is 49.1 Å². The minimum Gasteiger partial charge on any atom is -0.339 e. The van der Waals surface area contributed by atoms with Crippen molar-refractivity contribution in [2.45, 2.75) is 32.6 Å². The third-order valence-electron chi connectivity index (χ3n) is 5.27. The third-order valence-corrected chi connectivity index (χ3v) is 5.27. The van der Waals surface area contributed by atoms with E-state index in [-0.39, 0.29) is 5.91 Å². The van der Waals surface area contributed by atoms with Crippen LogP contribution < -0.4 is 0 Å². The zero-order chi connectivity index (χ0) is 18.7. The normalized spacial score (nSPS) is 14.7. The molecule has 0 atom stereocenters. The zero-order valence-corrected chi connectivity index (χ0v) is 15.2. The first-order valence-electron chi connectivity index (χ1n) is 8.90. The van der Waals surface area contributed by atoms with Crippen molar-refractivity contribution in [2.75, 3.05) is 13.1 Å². The molecular weight excluding hydrogens is 324 g/mol. The van der Waals surface area contributed by atoms with E-state index in [2.05, 4.69) is 6.07 Å². The van der Waals surface area contributed by atoms with Crippen LogP contribution in [0.25, 0.3) is 0 Å². The molecule has 132 valence electrons. The van der Waals surface area contributed by atoms with Gasteiger partial charge in [-0.1, -0.05) is 24.3 Å². The van der Waals surface area contributed by atoms with Gasteiger partial charge in [0.25, 0.3) is 5.91 Å². The van der Waals surface area contributed by atoms with Crippen LogP contribution in [0.5, 0.6) is 0 Å². The summed E-state index contributed by atoms with van der Waals surface area (Å²) in [7, 11) is 0. The third kappa shape index (κ3) is 3.39. The summed E-state index contributed by atoms with van der Waals surface area (Å²) in [6, 6.07) is 13.6. The van der Waals surface area contributed by atoms with Crippen molar-refractivity contribution < 1.29 is 9.59 Å². The maximum absolute atomic E-state index is 12.9. The van der Waals surface area contributed by atoms with Gasteiger partial charge in [-0.2, -0.15) is 5.26 Å². The standard InChI is InChI=1S/C22H22N2O2/c1-15-11-16(2)21(12-19(15)14-25)22(26)24-9-7-17(8-10-24)20-6-4-3-5-18(20)13-23/h3-6,11-12,14,17H,7-10H2,1-2H3. The second-order valence-corrected chi connectivity index (χ2v) is 6.91. The van der Waals surface area contributed by atoms with Crippen LogP contribution in [0.2, 0.25) is 0 Å². The molecule has 0 aliphatic carbocycles. The average Bonchev–Trinajstić information content (AvgIpc) is 2.68. The SMILES string of the molecule is Cc1cc(C)c(C(=O)N2CCC(c3ccccc3C#N)CC2)cc1C=O. The van der Waals surface area contributed by atoms with Crippen molar-refractivity contribution in [3.05, 3.63) is 69.8 Å². The Morgan fingerprint density at radius 3 is 2.50 bits per heavy atom. The fraction of sp³-hybridized carbons (Fsp3) is 0.318. The first-order valence-corrected chi connectivity index (χ1v) is 8.90. The summed E-state index contributed by atoms with van der Waals surface area (Å²) < 4.78 is 0. The van der Waals surface area contributed by atoms with Gasteiger partial charge in [0.15, 0.2) is 0 Å². The molecule has 0 bridgehead atoms. The first kappa shape index (κ1) is 17.9. The molecule has 0 spiro atoms. The summed E-state index contributed by atoms with van der Waals surface area (Å²) in [5.74, 6) is 0.289. The summed E-state index contributed by atoms with van der Waals surface area (Å²) in [6.07, 6.45) is 2.49. The lowest BCUT2D eigenvalue weighted by Crippen LogP contribution is -2.38. The molecule has 3 rings (SSSR count). The maximum atomic E-state index is 12.9. The molecule has 1 saturated heterocycles. The second-order valence-electron chi connectivity index (χ2n) is 6.91. The summed E-state index contributed by atoms with van der Waals surface area (Å²) in [4.78, 5) is 26.0. The van der Waals surface area contributed by atoms with Crippen LogP contribution >= 0.6 is 0 Å². The van der Waals surface area contributed by atoms with Crippen molar-refractivity contribution >= 4 is 12.2 Å². The molecule has 1 amide bonds. The fourth-order valence-electron chi connectivity index (χ4n) is 3.75. The quantitative estimate of drug-likeness (QED) is 0.789. The lowest BCUT2D eigenvalue weighted by atomic mass is 9.86. The van der Waals surface area contributed by atoms with E-state index >= 15 is 0 Å². The number of likely N-dealkylation sites (tertiary alicyclic amines) is 1. The van der Waals surface area contributed by atoms with Gasteiger partial charge < -0.3 is 4.90 Å². The average molecular weight is 346 g/mol. The molecule has 0 aromatic heterocycles. The van der Waals surface area contributed by atoms with E-state index in [1.54, 1.807) is 6.07 Å². The van der Waals surface area contributed by atoms with Crippen LogP contribution in [-0.2, 0) is 0 Å². The molecule has 0 N–H and O–H groups in total. The number of rotatable bonds is 3. The van der Waals surface area contributed by atoms with Crippen LogP contribution in [0, 0.1) is 25.2 Å². The Bertz CT molecular complexity index is 888. The summed E-state index contributed by atoms with van der Waals surface area (Å²) >= 11 is 0. The molecule has 2 aromatic carbocycles. The van der Waals surface area contributed by atoms with E-state index in [0.717, 1.165) is 41.4 Å². The van der Waals surface area contributed by atoms with Crippen molar-refractivity contribution in [1.82, 2.24) is 4.90 Å². The van der Waals surface area contributed by atoms with Gasteiger partial charge in [-0.05, 0) is 61.4 Å². The van der Waals surface area contributed by atoms with Gasteiger partial charge in [-0.15, -0.1) is 0 Å². The zero-order valence-electron chi connectivity index (χ0n) is 15.2. The van der Waals surface area contributed by atoms with Crippen LogP contribution in [0.1, 0.15) is 61.7 Å². The molecule has 1 aliphatic heterocycles. The largest absolute Gasteiger partial charge is 0.339 e. The van der Waals surface area contributed by atoms with Crippen LogP contribution in [0.3, 0.4) is 0 Å². The topological polar surface area (TPSA) is 61.2 Å². The number of nitrogens with zero attached hydrogens (tertiary/aromatic N) is 2. The monoisotopic (exact) mass is 346 g/mol. The number of benzene rings is 2. The smallest absolute Gasteiger partial charge is 0.254 e. The van der Waals surface area contributed by atoms with E-state index < -0.39 is 0 Å². The Morgan fingerprint density at radius 1 is 1.15 bits per heavy atom. The van der Waals surface area contributed by atoms with Crippen LogP contribution in [0.4, 0.5) is 0 Å². The number of hydrogen-bond acceptors (Lipinski definition) is 3. The molecule has 4 heteroatoms. The van der Waals surface area contributed by atoms with Crippen LogP contribution in [0.15, 0.2) is 36.4 Å². The van der Waals surface area contributed by atoms with Gasteiger partial charge in [0, 0.05) is 24.2 Å². The molecule has 4 nitrogen and oxygen atoms in total. The number of carbonyl (C=O) groups excluding carboxylic acids is 2. The molecule has 0 radical (unpaired) electrons. The minimum atomic E-state index is -0.0161. The minimum absolute atomic E-state index is 0.0161. The number of nitriles is 1. The van der Waals surface area contributed by atoms with Gasteiger partial charge in [-0.25, -0.2) is 0 Å². The molecule has 1 fully saturated rings. The number of aryl methyl sites for hydroxylation is 2. The van der Waals surface area contributed by atoms with E-state index in [9.17, 15) is 14.9 Å². The molecular formula is C22H22N2O2. The summed E-state index contributed by atoms with van der Waals surface area (Å²) in [5, 5.41) is 9.30. The molecule has 1 aliphatic rings. The van der Waals surface area contributed by atoms with Gasteiger partial charge in [-0.3, -0.25) is 9.59 Å². The Morgan fingerprint density at radius 2 is 1.85 bits per heavy atom. The second kappa shape index (κ2) is 7.53. The number of aldehydes is 1. The van der Waals surface area contributed by atoms with E-state index in [0.29, 0.717) is 30.1 Å². The predicted molar refractivity (Wildman–Crippen MR) is 100 cm³/mol. The Balaban J connectivity index is 1.75. The lowest BCUT2D eigenvalue weighted by Gasteiger charge is -2.33. The lowest BCUT2D eigenvalue weighted by molar-refractivity contribution is 0.0712. The number of piperidine rings is 1. The van der Waals surface area contributed by atoms with Crippen molar-refractivity contribution in [3.63, 3.8) is 0 Å². The number of carbonyl (C=O) groups is 2. The Labute approximate surface area is 154 Å². The first-order chi connectivity index (χ1) is 12.5. The maximum Gasteiger partial charge on any atom is 0.254 e. The van der Waals surface area contributed by atoms with Gasteiger partial charge in [0.2, 0.25) is 0 Å². The molecule has 1 heterocycles. The number of hydrogen-bond donors (Lipinski definition) is 0. The highest BCUT2D eigenvalue weighted by Gasteiger charge is 2.26. The van der Waals surface area contributed by atoms with Crippen molar-refractivity contribution in [2.24, 2.45) is 0 Å². The van der Waals surface area contributed by atoms with Gasteiger partial charge in [0.1, 0.15) is 6.29 Å². The molecule has 2 aromatic rings. The Kier molecular flexibility index (Phi) is 5.18. The van der Waals surface area contributed by atoms with E-state index in [4.69, 9.17) is 0 Å². The van der Waals surface area contributed by atoms with E-state index in [1.165, 1.54) is 0 Å². The Hall–Kier alpha value is -2.93. The predicted octanol–water partition coefficient (Wildman–Crippen LogP) is 4.01. The summed E-state index contributed by atoms with van der Waals surface area (Å²) in [5.41, 5.74) is 4.76. The van der Waals surface area contributed by atoms with Crippen LogP contribution in [-0.4, -0.2) is 30.2 Å². The molecule has 0 saturated carbocycles. The van der Waals surface area contributed by atoms with Crippen molar-refractivity contribution in [3.8, 4) is 6.07 Å². The number of amides is 1. The summed E-state index contributed by atoms with van der Waals surface area (Å²) in [6.45, 7) is 5.11. The highest BCUT2D eigenvalue weighted by molar-refractivity contribution is 5.97. The molecule has 0 unspecified atom stereocenters. The fourth-order valence-corrected chi connectivity index (χ4v) is 3.75. The van der Waals surface area contributed by atoms with Gasteiger partial charge in [0.05, 0.1) is 11.6 Å².